The SMILES string of the molecule is Cc1ccc(Cl)c(NC(=O)c2ccoc2Cl)c1. The first-order valence-electron chi connectivity index (χ1n) is 4.88. The summed E-state index contributed by atoms with van der Waals surface area (Å²) in [5.74, 6) is -0.351. The Morgan fingerprint density at radius 3 is 2.71 bits per heavy atom. The van der Waals surface area contributed by atoms with Gasteiger partial charge in [-0.15, -0.1) is 0 Å². The molecular formula is C12H9Cl2NO2. The molecule has 0 saturated carbocycles. The van der Waals surface area contributed by atoms with Crippen LogP contribution in [0.15, 0.2) is 34.9 Å². The van der Waals surface area contributed by atoms with Crippen molar-refractivity contribution in [1.82, 2.24) is 0 Å². The maximum Gasteiger partial charge on any atom is 0.260 e. The van der Waals surface area contributed by atoms with E-state index in [0.717, 1.165) is 5.56 Å². The summed E-state index contributed by atoms with van der Waals surface area (Å²) in [6.45, 7) is 1.91. The second kappa shape index (κ2) is 4.82. The summed E-state index contributed by atoms with van der Waals surface area (Å²) in [7, 11) is 0. The Labute approximate surface area is 108 Å². The molecule has 0 fully saturated rings. The van der Waals surface area contributed by atoms with Crippen molar-refractivity contribution in [2.75, 3.05) is 5.32 Å². The van der Waals surface area contributed by atoms with Crippen molar-refractivity contribution >= 4 is 34.8 Å². The molecule has 88 valence electrons. The number of hydrogen-bond acceptors (Lipinski definition) is 2. The predicted molar refractivity (Wildman–Crippen MR) is 67.9 cm³/mol. The lowest BCUT2D eigenvalue weighted by Crippen LogP contribution is -2.11. The molecule has 1 aromatic carbocycles. The summed E-state index contributed by atoms with van der Waals surface area (Å²) in [5.41, 5.74) is 1.83. The van der Waals surface area contributed by atoms with Gasteiger partial charge >= 0.3 is 0 Å². The predicted octanol–water partition coefficient (Wildman–Crippen LogP) is 4.15. The summed E-state index contributed by atoms with van der Waals surface area (Å²) in [4.78, 5) is 11.8. The fraction of sp³-hybridized carbons (Fsp3) is 0.0833. The number of halogens is 2. The largest absolute Gasteiger partial charge is 0.452 e. The quantitative estimate of drug-likeness (QED) is 0.890. The number of hydrogen-bond donors (Lipinski definition) is 1. The van der Waals surface area contributed by atoms with Crippen LogP contribution in [0.25, 0.3) is 0 Å². The Bertz CT molecular complexity index is 563. The minimum atomic E-state index is -0.351. The van der Waals surface area contributed by atoms with Gasteiger partial charge in [-0.3, -0.25) is 4.79 Å². The third-order valence-electron chi connectivity index (χ3n) is 2.23. The first kappa shape index (κ1) is 12.0. The van der Waals surface area contributed by atoms with Crippen molar-refractivity contribution in [3.05, 3.63) is 51.9 Å². The molecule has 17 heavy (non-hydrogen) atoms. The van der Waals surface area contributed by atoms with Crippen molar-refractivity contribution in [3.8, 4) is 0 Å². The van der Waals surface area contributed by atoms with Crippen molar-refractivity contribution in [2.24, 2.45) is 0 Å². The molecule has 1 N–H and O–H groups in total. The molecule has 0 unspecified atom stereocenters. The Balaban J connectivity index is 2.24. The molecule has 0 radical (unpaired) electrons. The van der Waals surface area contributed by atoms with Gasteiger partial charge in [-0.1, -0.05) is 17.7 Å². The molecule has 0 aliphatic heterocycles. The fourth-order valence-corrected chi connectivity index (χ4v) is 1.75. The highest BCUT2D eigenvalue weighted by molar-refractivity contribution is 6.35. The molecule has 0 aliphatic carbocycles. The van der Waals surface area contributed by atoms with Crippen LogP contribution in [0.2, 0.25) is 10.2 Å². The van der Waals surface area contributed by atoms with E-state index in [4.69, 9.17) is 27.6 Å². The van der Waals surface area contributed by atoms with Gasteiger partial charge in [0.1, 0.15) is 0 Å². The number of rotatable bonds is 2. The molecule has 1 aromatic heterocycles. The van der Waals surface area contributed by atoms with Crippen LogP contribution < -0.4 is 5.32 Å². The van der Waals surface area contributed by atoms with Gasteiger partial charge in [-0.05, 0) is 42.3 Å². The third-order valence-corrected chi connectivity index (χ3v) is 2.85. The first-order valence-corrected chi connectivity index (χ1v) is 5.64. The monoisotopic (exact) mass is 269 g/mol. The lowest BCUT2D eigenvalue weighted by atomic mass is 10.2. The van der Waals surface area contributed by atoms with Crippen molar-refractivity contribution < 1.29 is 9.21 Å². The molecule has 0 spiro atoms. The van der Waals surface area contributed by atoms with Crippen molar-refractivity contribution in [3.63, 3.8) is 0 Å². The molecule has 0 saturated heterocycles. The molecule has 0 atom stereocenters. The molecule has 1 heterocycles. The van der Waals surface area contributed by atoms with Gasteiger partial charge in [0.25, 0.3) is 5.91 Å². The van der Waals surface area contributed by atoms with Crippen LogP contribution >= 0.6 is 23.2 Å². The molecular weight excluding hydrogens is 261 g/mol. The number of furan rings is 1. The minimum Gasteiger partial charge on any atom is -0.452 e. The van der Waals surface area contributed by atoms with Gasteiger partial charge in [0.2, 0.25) is 5.22 Å². The smallest absolute Gasteiger partial charge is 0.260 e. The second-order valence-electron chi connectivity index (χ2n) is 3.55. The van der Waals surface area contributed by atoms with Crippen LogP contribution in [0.1, 0.15) is 15.9 Å². The van der Waals surface area contributed by atoms with E-state index in [2.05, 4.69) is 5.32 Å². The molecule has 5 heteroatoms. The average molecular weight is 270 g/mol. The number of amides is 1. The van der Waals surface area contributed by atoms with E-state index in [1.54, 1.807) is 12.1 Å². The molecule has 1 amide bonds. The standard InChI is InChI=1S/C12H9Cl2NO2/c1-7-2-3-9(13)10(6-7)15-12(16)8-4-5-17-11(8)14/h2-6H,1H3,(H,15,16). The average Bonchev–Trinajstić information content (AvgIpc) is 2.70. The van der Waals surface area contributed by atoms with Gasteiger partial charge in [0, 0.05) is 0 Å². The van der Waals surface area contributed by atoms with Crippen LogP contribution in [0.4, 0.5) is 5.69 Å². The van der Waals surface area contributed by atoms with Gasteiger partial charge in [-0.2, -0.15) is 0 Å². The number of carbonyl (C=O) groups is 1. The van der Waals surface area contributed by atoms with Crippen LogP contribution in [0.5, 0.6) is 0 Å². The maximum atomic E-state index is 11.8. The number of nitrogens with one attached hydrogen (secondary N) is 1. The van der Waals surface area contributed by atoms with Gasteiger partial charge in [-0.25, -0.2) is 0 Å². The summed E-state index contributed by atoms with van der Waals surface area (Å²) in [5, 5.41) is 3.22. The molecule has 0 bridgehead atoms. The zero-order valence-corrected chi connectivity index (χ0v) is 10.5. The Morgan fingerprint density at radius 2 is 2.06 bits per heavy atom. The topological polar surface area (TPSA) is 42.2 Å². The summed E-state index contributed by atoms with van der Waals surface area (Å²) in [6, 6.07) is 6.88. The lowest BCUT2D eigenvalue weighted by molar-refractivity contribution is 0.102. The summed E-state index contributed by atoms with van der Waals surface area (Å²) >= 11 is 11.7. The van der Waals surface area contributed by atoms with Gasteiger partial charge in [0.05, 0.1) is 22.5 Å². The summed E-state index contributed by atoms with van der Waals surface area (Å²) in [6.07, 6.45) is 1.36. The highest BCUT2D eigenvalue weighted by Crippen LogP contribution is 2.24. The Hall–Kier alpha value is -1.45. The zero-order chi connectivity index (χ0) is 12.4. The van der Waals surface area contributed by atoms with E-state index in [-0.39, 0.29) is 16.7 Å². The number of aryl methyl sites for hydroxylation is 1. The minimum absolute atomic E-state index is 0.0614. The molecule has 2 aromatic rings. The van der Waals surface area contributed by atoms with Crippen LogP contribution in [0.3, 0.4) is 0 Å². The Morgan fingerprint density at radius 1 is 1.29 bits per heavy atom. The van der Waals surface area contributed by atoms with E-state index in [0.29, 0.717) is 10.7 Å². The maximum absolute atomic E-state index is 11.8. The summed E-state index contributed by atoms with van der Waals surface area (Å²) < 4.78 is 4.85. The van der Waals surface area contributed by atoms with E-state index in [9.17, 15) is 4.79 Å². The first-order chi connectivity index (χ1) is 8.08. The second-order valence-corrected chi connectivity index (χ2v) is 4.30. The van der Waals surface area contributed by atoms with E-state index < -0.39 is 0 Å². The lowest BCUT2D eigenvalue weighted by Gasteiger charge is -2.07. The highest BCUT2D eigenvalue weighted by Gasteiger charge is 2.14. The van der Waals surface area contributed by atoms with Crippen molar-refractivity contribution in [1.29, 1.82) is 0 Å². The van der Waals surface area contributed by atoms with Crippen molar-refractivity contribution in [2.45, 2.75) is 6.92 Å². The molecule has 2 rings (SSSR count). The normalized spacial score (nSPS) is 10.3. The highest BCUT2D eigenvalue weighted by atomic mass is 35.5. The van der Waals surface area contributed by atoms with Crippen LogP contribution in [0, 0.1) is 6.92 Å². The van der Waals surface area contributed by atoms with E-state index in [1.807, 2.05) is 13.0 Å². The number of benzene rings is 1. The fourth-order valence-electron chi connectivity index (χ4n) is 1.38. The number of anilines is 1. The van der Waals surface area contributed by atoms with E-state index in [1.165, 1.54) is 12.3 Å². The molecule has 3 nitrogen and oxygen atoms in total. The van der Waals surface area contributed by atoms with E-state index >= 15 is 0 Å². The van der Waals surface area contributed by atoms with Crippen LogP contribution in [-0.2, 0) is 0 Å². The zero-order valence-electron chi connectivity index (χ0n) is 8.96. The van der Waals surface area contributed by atoms with Crippen LogP contribution in [-0.4, -0.2) is 5.91 Å². The van der Waals surface area contributed by atoms with Gasteiger partial charge < -0.3 is 9.73 Å². The van der Waals surface area contributed by atoms with Gasteiger partial charge in [0.15, 0.2) is 0 Å². The number of carbonyl (C=O) groups excluding carboxylic acids is 1. The molecule has 0 aliphatic rings. The third kappa shape index (κ3) is 2.62. The Kier molecular flexibility index (Phi) is 3.41.